The van der Waals surface area contributed by atoms with E-state index >= 15 is 0 Å². The Morgan fingerprint density at radius 1 is 1.20 bits per heavy atom. The van der Waals surface area contributed by atoms with E-state index in [4.69, 9.17) is 21.4 Å². The third-order valence-electron chi connectivity index (χ3n) is 4.52. The summed E-state index contributed by atoms with van der Waals surface area (Å²) in [5.41, 5.74) is 1.16. The van der Waals surface area contributed by atoms with Crippen molar-refractivity contribution >= 4 is 17.3 Å². The van der Waals surface area contributed by atoms with E-state index in [2.05, 4.69) is 15.5 Å². The smallest absolute Gasteiger partial charge is 0.166 e. The fourth-order valence-corrected chi connectivity index (χ4v) is 3.28. The van der Waals surface area contributed by atoms with Crippen molar-refractivity contribution in [1.29, 1.82) is 0 Å². The summed E-state index contributed by atoms with van der Waals surface area (Å²) in [7, 11) is 1.67. The van der Waals surface area contributed by atoms with Gasteiger partial charge in [0.2, 0.25) is 0 Å². The number of hydrogen-bond donors (Lipinski definition) is 2. The minimum absolute atomic E-state index is 0.221. The summed E-state index contributed by atoms with van der Waals surface area (Å²) in [6.07, 6.45) is 4.23. The summed E-state index contributed by atoms with van der Waals surface area (Å²) < 4.78 is 10.8. The lowest BCUT2D eigenvalue weighted by molar-refractivity contribution is 0.215. The van der Waals surface area contributed by atoms with Gasteiger partial charge in [0.1, 0.15) is 11.5 Å². The Bertz CT molecular complexity index is 652. The molecule has 0 spiro atoms. The monoisotopic (exact) mass is 359 g/mol. The first-order valence-corrected chi connectivity index (χ1v) is 9.09. The molecule has 0 aliphatic carbocycles. The van der Waals surface area contributed by atoms with Crippen LogP contribution in [0.4, 0.5) is 0 Å². The highest BCUT2D eigenvalue weighted by Gasteiger charge is 2.25. The molecule has 6 heteroatoms. The molecule has 0 radical (unpaired) electrons. The maximum absolute atomic E-state index is 5.63. The van der Waals surface area contributed by atoms with Crippen LogP contribution in [0.15, 0.2) is 47.1 Å². The van der Waals surface area contributed by atoms with Crippen molar-refractivity contribution in [2.75, 3.05) is 26.7 Å². The first-order valence-electron chi connectivity index (χ1n) is 8.68. The van der Waals surface area contributed by atoms with E-state index in [1.165, 1.54) is 12.8 Å². The molecule has 1 aliphatic heterocycles. The summed E-state index contributed by atoms with van der Waals surface area (Å²) in [5.74, 6) is 1.85. The van der Waals surface area contributed by atoms with Crippen molar-refractivity contribution in [2.45, 2.75) is 25.4 Å². The molecule has 1 atom stereocenters. The largest absolute Gasteiger partial charge is 0.497 e. The lowest BCUT2D eigenvalue weighted by Gasteiger charge is -2.26. The van der Waals surface area contributed by atoms with Crippen molar-refractivity contribution in [3.63, 3.8) is 0 Å². The van der Waals surface area contributed by atoms with Crippen LogP contribution in [0.25, 0.3) is 0 Å². The van der Waals surface area contributed by atoms with Gasteiger partial charge in [0, 0.05) is 13.1 Å². The van der Waals surface area contributed by atoms with Crippen molar-refractivity contribution in [3.8, 4) is 5.75 Å². The Labute approximate surface area is 154 Å². The molecular formula is C19H25N3O2S. The van der Waals surface area contributed by atoms with Gasteiger partial charge in [0.25, 0.3) is 0 Å². The molecule has 25 heavy (non-hydrogen) atoms. The lowest BCUT2D eigenvalue weighted by Crippen LogP contribution is -2.41. The van der Waals surface area contributed by atoms with E-state index in [-0.39, 0.29) is 6.04 Å². The molecule has 1 aromatic carbocycles. The number of likely N-dealkylation sites (tertiary alicyclic amines) is 1. The van der Waals surface area contributed by atoms with Crippen LogP contribution in [0.1, 0.15) is 30.2 Å². The standard InChI is InChI=1S/C19H25N3O2S/c1-23-16-8-6-15(7-9-16)13-20-19(25)21-14-17(18-5-4-12-24-18)22-10-2-3-11-22/h4-9,12,17H,2-3,10-11,13-14H2,1H3,(H2,20,21,25)/t17-/m0/s1. The van der Waals surface area contributed by atoms with E-state index in [0.29, 0.717) is 11.7 Å². The molecule has 1 aliphatic rings. The van der Waals surface area contributed by atoms with Crippen LogP contribution in [-0.4, -0.2) is 36.8 Å². The van der Waals surface area contributed by atoms with Gasteiger partial charge in [-0.2, -0.15) is 0 Å². The van der Waals surface area contributed by atoms with Gasteiger partial charge in [-0.1, -0.05) is 12.1 Å². The molecule has 1 fully saturated rings. The van der Waals surface area contributed by atoms with E-state index in [1.807, 2.05) is 36.4 Å². The van der Waals surface area contributed by atoms with E-state index in [1.54, 1.807) is 13.4 Å². The van der Waals surface area contributed by atoms with Gasteiger partial charge in [-0.3, -0.25) is 4.90 Å². The number of thiocarbonyl (C=S) groups is 1. The Balaban J connectivity index is 1.49. The maximum atomic E-state index is 5.63. The predicted octanol–water partition coefficient (Wildman–Crippen LogP) is 3.09. The molecule has 134 valence electrons. The zero-order valence-corrected chi connectivity index (χ0v) is 15.3. The number of nitrogens with one attached hydrogen (secondary N) is 2. The molecule has 1 saturated heterocycles. The Kier molecular flexibility index (Phi) is 6.30. The van der Waals surface area contributed by atoms with Crippen LogP contribution in [0.3, 0.4) is 0 Å². The van der Waals surface area contributed by atoms with Crippen LogP contribution >= 0.6 is 12.2 Å². The van der Waals surface area contributed by atoms with Gasteiger partial charge in [-0.25, -0.2) is 0 Å². The van der Waals surface area contributed by atoms with Crippen LogP contribution in [0, 0.1) is 0 Å². The average molecular weight is 359 g/mol. The molecule has 0 unspecified atom stereocenters. The second kappa shape index (κ2) is 8.87. The van der Waals surface area contributed by atoms with Gasteiger partial charge in [-0.15, -0.1) is 0 Å². The zero-order chi connectivity index (χ0) is 17.5. The summed E-state index contributed by atoms with van der Waals surface area (Å²) >= 11 is 5.43. The minimum atomic E-state index is 0.221. The van der Waals surface area contributed by atoms with E-state index in [0.717, 1.165) is 36.7 Å². The van der Waals surface area contributed by atoms with Gasteiger partial charge in [-0.05, 0) is 68.0 Å². The third-order valence-corrected chi connectivity index (χ3v) is 4.81. The zero-order valence-electron chi connectivity index (χ0n) is 14.5. The fourth-order valence-electron chi connectivity index (χ4n) is 3.12. The molecule has 0 bridgehead atoms. The molecule has 5 nitrogen and oxygen atoms in total. The SMILES string of the molecule is COc1ccc(CNC(=S)NC[C@@H](c2ccco2)N2CCCC2)cc1. The van der Waals surface area contributed by atoms with E-state index < -0.39 is 0 Å². The number of hydrogen-bond acceptors (Lipinski definition) is 4. The summed E-state index contributed by atoms with van der Waals surface area (Å²) in [6.45, 7) is 3.64. The molecule has 2 aromatic rings. The highest BCUT2D eigenvalue weighted by Crippen LogP contribution is 2.24. The third kappa shape index (κ3) is 4.96. The van der Waals surface area contributed by atoms with Crippen LogP contribution < -0.4 is 15.4 Å². The molecule has 0 amide bonds. The first-order chi connectivity index (χ1) is 12.3. The van der Waals surface area contributed by atoms with Crippen LogP contribution in [0.5, 0.6) is 5.75 Å². The molecule has 2 N–H and O–H groups in total. The summed E-state index contributed by atoms with van der Waals surface area (Å²) in [4.78, 5) is 2.46. The maximum Gasteiger partial charge on any atom is 0.166 e. The average Bonchev–Trinajstić information content (AvgIpc) is 3.35. The number of rotatable bonds is 7. The number of ether oxygens (including phenoxy) is 1. The first kappa shape index (κ1) is 17.8. The van der Waals surface area contributed by atoms with Crippen molar-refractivity contribution in [3.05, 3.63) is 54.0 Å². The van der Waals surface area contributed by atoms with Crippen molar-refractivity contribution in [2.24, 2.45) is 0 Å². The lowest BCUT2D eigenvalue weighted by atomic mass is 10.2. The van der Waals surface area contributed by atoms with Gasteiger partial charge >= 0.3 is 0 Å². The highest BCUT2D eigenvalue weighted by molar-refractivity contribution is 7.80. The number of nitrogens with zero attached hydrogens (tertiary/aromatic N) is 1. The second-order valence-electron chi connectivity index (χ2n) is 6.19. The topological polar surface area (TPSA) is 49.7 Å². The predicted molar refractivity (Wildman–Crippen MR) is 103 cm³/mol. The number of benzene rings is 1. The minimum Gasteiger partial charge on any atom is -0.497 e. The molecular weight excluding hydrogens is 334 g/mol. The Morgan fingerprint density at radius 3 is 2.60 bits per heavy atom. The molecule has 2 heterocycles. The van der Waals surface area contributed by atoms with Crippen LogP contribution in [0.2, 0.25) is 0 Å². The van der Waals surface area contributed by atoms with Gasteiger partial charge < -0.3 is 19.8 Å². The van der Waals surface area contributed by atoms with Crippen LogP contribution in [-0.2, 0) is 6.54 Å². The van der Waals surface area contributed by atoms with Crippen molar-refractivity contribution in [1.82, 2.24) is 15.5 Å². The second-order valence-corrected chi connectivity index (χ2v) is 6.59. The molecule has 0 saturated carbocycles. The normalized spacial score (nSPS) is 15.7. The highest BCUT2D eigenvalue weighted by atomic mass is 32.1. The van der Waals surface area contributed by atoms with Crippen molar-refractivity contribution < 1.29 is 9.15 Å². The number of methoxy groups -OCH3 is 1. The van der Waals surface area contributed by atoms with Gasteiger partial charge in [0.05, 0.1) is 19.4 Å². The van der Waals surface area contributed by atoms with E-state index in [9.17, 15) is 0 Å². The summed E-state index contributed by atoms with van der Waals surface area (Å²) in [5, 5.41) is 7.25. The summed E-state index contributed by atoms with van der Waals surface area (Å²) in [6, 6.07) is 12.2. The molecule has 3 rings (SSSR count). The Hall–Kier alpha value is -2.05. The number of furan rings is 1. The quantitative estimate of drug-likeness (QED) is 0.741. The van der Waals surface area contributed by atoms with Gasteiger partial charge in [0.15, 0.2) is 5.11 Å². The Morgan fingerprint density at radius 2 is 1.96 bits per heavy atom. The molecule has 1 aromatic heterocycles. The fraction of sp³-hybridized carbons (Fsp3) is 0.421.